The first-order valence-corrected chi connectivity index (χ1v) is 12.8. The third-order valence-electron chi connectivity index (χ3n) is 6.52. The van der Waals surface area contributed by atoms with Crippen molar-refractivity contribution in [3.8, 4) is 0 Å². The molecule has 0 spiro atoms. The predicted octanol–water partition coefficient (Wildman–Crippen LogP) is 3.81. The summed E-state index contributed by atoms with van der Waals surface area (Å²) in [7, 11) is -3.81. The second kappa shape index (κ2) is 9.27. The van der Waals surface area contributed by atoms with Gasteiger partial charge in [-0.05, 0) is 49.2 Å². The van der Waals surface area contributed by atoms with Crippen molar-refractivity contribution < 1.29 is 13.2 Å². The second-order valence-corrected chi connectivity index (χ2v) is 10.5. The number of fused-ring (bicyclic) bond motifs is 2. The first-order chi connectivity index (χ1) is 15.6. The van der Waals surface area contributed by atoms with Crippen molar-refractivity contribution >= 4 is 20.9 Å². The number of pyridine rings is 1. The van der Waals surface area contributed by atoms with Crippen LogP contribution in [0, 0.1) is 0 Å². The molecule has 6 nitrogen and oxygen atoms in total. The zero-order valence-corrected chi connectivity index (χ0v) is 19.0. The Balaban J connectivity index is 1.58. The lowest BCUT2D eigenvalue weighted by molar-refractivity contribution is 0.0484. The Kier molecular flexibility index (Phi) is 6.24. The minimum atomic E-state index is -3.81. The topological polar surface area (TPSA) is 62.7 Å². The van der Waals surface area contributed by atoms with Crippen molar-refractivity contribution in [3.63, 3.8) is 0 Å². The Labute approximate surface area is 189 Å². The molecule has 2 aliphatic heterocycles. The summed E-state index contributed by atoms with van der Waals surface area (Å²) < 4.78 is 36.0. The molecule has 0 unspecified atom stereocenters. The minimum Gasteiger partial charge on any atom is -0.375 e. The summed E-state index contributed by atoms with van der Waals surface area (Å²) in [5, 5.41) is 0.824. The third kappa shape index (κ3) is 4.30. The molecule has 2 aromatic carbocycles. The van der Waals surface area contributed by atoms with E-state index < -0.39 is 10.0 Å². The summed E-state index contributed by atoms with van der Waals surface area (Å²) in [5.74, 6) is 0. The maximum Gasteiger partial charge on any atom is 0.245 e. The van der Waals surface area contributed by atoms with Crippen LogP contribution in [0.15, 0.2) is 65.7 Å². The Morgan fingerprint density at radius 2 is 1.72 bits per heavy atom. The smallest absolute Gasteiger partial charge is 0.245 e. The van der Waals surface area contributed by atoms with E-state index in [1.54, 1.807) is 22.6 Å². The van der Waals surface area contributed by atoms with Crippen LogP contribution in [0.3, 0.4) is 0 Å². The number of likely N-dealkylation sites (tertiary alicyclic amines) is 1. The maximum absolute atomic E-state index is 14.1. The molecule has 0 radical (unpaired) electrons. The van der Waals surface area contributed by atoms with E-state index in [4.69, 9.17) is 4.74 Å². The van der Waals surface area contributed by atoms with Crippen LogP contribution in [-0.4, -0.2) is 54.9 Å². The molecule has 0 saturated carbocycles. The molecule has 3 aromatic rings. The normalized spacial score (nSPS) is 21.1. The number of aromatic nitrogens is 1. The summed E-state index contributed by atoms with van der Waals surface area (Å²) in [6.07, 6.45) is 5.22. The third-order valence-corrected chi connectivity index (χ3v) is 8.45. The molecule has 0 bridgehead atoms. The van der Waals surface area contributed by atoms with Crippen molar-refractivity contribution in [2.45, 2.75) is 43.4 Å². The highest BCUT2D eigenvalue weighted by Gasteiger charge is 2.36. The fourth-order valence-corrected chi connectivity index (χ4v) is 6.56. The van der Waals surface area contributed by atoms with E-state index in [0.717, 1.165) is 42.4 Å². The Bertz CT molecular complexity index is 1190. The van der Waals surface area contributed by atoms with Gasteiger partial charge in [0.2, 0.25) is 10.0 Å². The van der Waals surface area contributed by atoms with Crippen molar-refractivity contribution in [1.82, 2.24) is 14.2 Å². The van der Waals surface area contributed by atoms with Crippen LogP contribution in [0.5, 0.6) is 0 Å². The van der Waals surface area contributed by atoms with Crippen molar-refractivity contribution in [1.29, 1.82) is 0 Å². The van der Waals surface area contributed by atoms with Crippen LogP contribution in [0.1, 0.15) is 30.4 Å². The fraction of sp³-hybridized carbons (Fsp3) is 0.400. The molecule has 0 aliphatic carbocycles. The Morgan fingerprint density at radius 1 is 0.938 bits per heavy atom. The van der Waals surface area contributed by atoms with Gasteiger partial charge in [-0.3, -0.25) is 4.98 Å². The van der Waals surface area contributed by atoms with Gasteiger partial charge in [0, 0.05) is 24.7 Å². The van der Waals surface area contributed by atoms with Gasteiger partial charge in [0.1, 0.15) is 4.90 Å². The summed E-state index contributed by atoms with van der Waals surface area (Å²) in [6, 6.07) is 16.8. The average Bonchev–Trinajstić information content (AvgIpc) is 2.81. The van der Waals surface area contributed by atoms with E-state index in [0.29, 0.717) is 31.8 Å². The SMILES string of the molecule is O=S(=O)(c1cccc2cccnc12)N1Cc2ccccc2COC[C@H]1CN1CCCCC1. The Hall–Kier alpha value is -2.32. The highest BCUT2D eigenvalue weighted by Crippen LogP contribution is 2.29. The quantitative estimate of drug-likeness (QED) is 0.604. The lowest BCUT2D eigenvalue weighted by Gasteiger charge is -2.37. The number of ether oxygens (including phenoxy) is 1. The number of sulfonamides is 1. The summed E-state index contributed by atoms with van der Waals surface area (Å²) >= 11 is 0. The highest BCUT2D eigenvalue weighted by atomic mass is 32.2. The van der Waals surface area contributed by atoms with E-state index in [2.05, 4.69) is 9.88 Å². The fourth-order valence-electron chi connectivity index (χ4n) is 4.81. The predicted molar refractivity (Wildman–Crippen MR) is 125 cm³/mol. The summed E-state index contributed by atoms with van der Waals surface area (Å²) in [5.41, 5.74) is 2.55. The van der Waals surface area contributed by atoms with E-state index in [1.807, 2.05) is 42.5 Å². The monoisotopic (exact) mass is 451 g/mol. The van der Waals surface area contributed by atoms with Gasteiger partial charge >= 0.3 is 0 Å². The van der Waals surface area contributed by atoms with Crippen LogP contribution < -0.4 is 0 Å². The van der Waals surface area contributed by atoms with Gasteiger partial charge in [-0.25, -0.2) is 8.42 Å². The number of rotatable bonds is 4. The van der Waals surface area contributed by atoms with Gasteiger partial charge in [0.05, 0.1) is 24.8 Å². The van der Waals surface area contributed by atoms with Crippen LogP contribution in [0.4, 0.5) is 0 Å². The van der Waals surface area contributed by atoms with E-state index >= 15 is 0 Å². The number of nitrogens with zero attached hydrogens (tertiary/aromatic N) is 3. The van der Waals surface area contributed by atoms with Gasteiger partial charge in [0.15, 0.2) is 0 Å². The molecule has 32 heavy (non-hydrogen) atoms. The molecule has 0 amide bonds. The molecule has 1 aromatic heterocycles. The van der Waals surface area contributed by atoms with Gasteiger partial charge in [-0.2, -0.15) is 4.31 Å². The standard InChI is InChI=1S/C25H29N3O3S/c29-32(30,24-12-6-10-20-11-7-13-26-25(20)24)28-16-21-8-2-3-9-22(21)18-31-19-23(28)17-27-14-4-1-5-15-27/h2-3,6-13,23H,1,4-5,14-19H2/t23-/m1/s1. The lowest BCUT2D eigenvalue weighted by atomic mass is 10.1. The van der Waals surface area contributed by atoms with Gasteiger partial charge in [-0.1, -0.05) is 48.9 Å². The van der Waals surface area contributed by atoms with Gasteiger partial charge in [-0.15, -0.1) is 0 Å². The minimum absolute atomic E-state index is 0.259. The number of hydrogen-bond donors (Lipinski definition) is 0. The molecule has 168 valence electrons. The molecule has 7 heteroatoms. The molecule has 1 saturated heterocycles. The van der Waals surface area contributed by atoms with Crippen LogP contribution in [-0.2, 0) is 27.9 Å². The zero-order chi connectivity index (χ0) is 22.0. The average molecular weight is 452 g/mol. The Morgan fingerprint density at radius 3 is 2.56 bits per heavy atom. The molecular weight excluding hydrogens is 422 g/mol. The lowest BCUT2D eigenvalue weighted by Crippen LogP contribution is -2.50. The molecular formula is C25H29N3O3S. The molecule has 3 heterocycles. The summed E-state index contributed by atoms with van der Waals surface area (Å²) in [4.78, 5) is 7.07. The van der Waals surface area contributed by atoms with E-state index in [9.17, 15) is 8.42 Å². The number of benzene rings is 2. The van der Waals surface area contributed by atoms with Gasteiger partial charge in [0.25, 0.3) is 0 Å². The highest BCUT2D eigenvalue weighted by molar-refractivity contribution is 7.89. The zero-order valence-electron chi connectivity index (χ0n) is 18.2. The van der Waals surface area contributed by atoms with Crippen molar-refractivity contribution in [3.05, 3.63) is 71.9 Å². The molecule has 1 fully saturated rings. The number of piperidine rings is 1. The number of hydrogen-bond acceptors (Lipinski definition) is 5. The second-order valence-electron chi connectivity index (χ2n) is 8.68. The molecule has 0 N–H and O–H groups in total. The van der Waals surface area contributed by atoms with Crippen LogP contribution >= 0.6 is 0 Å². The molecule has 5 rings (SSSR count). The molecule has 1 atom stereocenters. The molecule has 2 aliphatic rings. The van der Waals surface area contributed by atoms with Crippen molar-refractivity contribution in [2.75, 3.05) is 26.2 Å². The van der Waals surface area contributed by atoms with Gasteiger partial charge < -0.3 is 9.64 Å². The maximum atomic E-state index is 14.1. The van der Waals surface area contributed by atoms with E-state index in [-0.39, 0.29) is 10.9 Å². The summed E-state index contributed by atoms with van der Waals surface area (Å²) in [6.45, 7) is 3.93. The largest absolute Gasteiger partial charge is 0.375 e. The van der Waals surface area contributed by atoms with Crippen LogP contribution in [0.25, 0.3) is 10.9 Å². The van der Waals surface area contributed by atoms with E-state index in [1.165, 1.54) is 6.42 Å². The van der Waals surface area contributed by atoms with Crippen LogP contribution in [0.2, 0.25) is 0 Å². The van der Waals surface area contributed by atoms with Crippen molar-refractivity contribution in [2.24, 2.45) is 0 Å². The number of para-hydroxylation sites is 1. The first kappa shape index (κ1) is 21.5. The first-order valence-electron chi connectivity index (χ1n) is 11.4.